The SMILES string of the molecule is CC(C)(C)C1(C(C)(C)C)OC(=O)C=C[Se]1. The number of rotatable bonds is 0. The molecule has 2 nitrogen and oxygen atoms in total. The van der Waals surface area contributed by atoms with E-state index in [1.807, 2.05) is 4.97 Å². The van der Waals surface area contributed by atoms with Crippen molar-refractivity contribution in [3.05, 3.63) is 11.1 Å². The van der Waals surface area contributed by atoms with E-state index in [4.69, 9.17) is 4.74 Å². The Morgan fingerprint density at radius 2 is 1.60 bits per heavy atom. The predicted octanol–water partition coefficient (Wildman–Crippen LogP) is 2.55. The van der Waals surface area contributed by atoms with Crippen LogP contribution in [0.15, 0.2) is 11.1 Å². The van der Waals surface area contributed by atoms with Gasteiger partial charge in [-0.25, -0.2) is 0 Å². The van der Waals surface area contributed by atoms with E-state index >= 15 is 0 Å². The Morgan fingerprint density at radius 1 is 1.13 bits per heavy atom. The van der Waals surface area contributed by atoms with Crippen LogP contribution in [0.5, 0.6) is 0 Å². The summed E-state index contributed by atoms with van der Waals surface area (Å²) >= 11 is 0.192. The molecule has 0 saturated heterocycles. The first-order chi connectivity index (χ1) is 6.60. The van der Waals surface area contributed by atoms with Crippen LogP contribution in [0.4, 0.5) is 0 Å². The van der Waals surface area contributed by atoms with Crippen LogP contribution in [0, 0.1) is 10.8 Å². The standard InChI is InChI=1S/C12H20O2Se/c1-10(2,3)12(11(4,5)6)14-9(13)7-8-15-12/h7-8H,1-6H3. The molecular weight excluding hydrogens is 255 g/mol. The van der Waals surface area contributed by atoms with Crippen LogP contribution in [-0.4, -0.2) is 25.4 Å². The van der Waals surface area contributed by atoms with Gasteiger partial charge in [-0.3, -0.25) is 0 Å². The molecule has 0 spiro atoms. The average molecular weight is 275 g/mol. The molecule has 0 atom stereocenters. The molecule has 0 radical (unpaired) electrons. The summed E-state index contributed by atoms with van der Waals surface area (Å²) in [4.78, 5) is 13.5. The Morgan fingerprint density at radius 3 is 1.87 bits per heavy atom. The second kappa shape index (κ2) is 3.64. The Bertz CT molecular complexity index is 278. The zero-order chi connectivity index (χ0) is 11.9. The van der Waals surface area contributed by atoms with Gasteiger partial charge in [0.15, 0.2) is 0 Å². The van der Waals surface area contributed by atoms with Crippen LogP contribution in [0.2, 0.25) is 0 Å². The molecule has 0 unspecified atom stereocenters. The maximum atomic E-state index is 11.5. The van der Waals surface area contributed by atoms with Gasteiger partial charge in [-0.05, 0) is 0 Å². The number of hydrogen-bond acceptors (Lipinski definition) is 2. The number of carbonyl (C=O) groups is 1. The summed E-state index contributed by atoms with van der Waals surface area (Å²) in [6.45, 7) is 12.9. The van der Waals surface area contributed by atoms with Gasteiger partial charge in [-0.1, -0.05) is 0 Å². The zero-order valence-corrected chi connectivity index (χ0v) is 12.1. The van der Waals surface area contributed by atoms with Crippen molar-refractivity contribution in [2.24, 2.45) is 10.8 Å². The molecule has 0 aromatic carbocycles. The molecule has 0 aliphatic carbocycles. The molecule has 1 aliphatic rings. The van der Waals surface area contributed by atoms with Gasteiger partial charge < -0.3 is 0 Å². The van der Waals surface area contributed by atoms with Crippen molar-refractivity contribution in [1.29, 1.82) is 0 Å². The number of carbonyl (C=O) groups excluding carboxylic acids is 1. The van der Waals surface area contributed by atoms with Gasteiger partial charge in [0.1, 0.15) is 0 Å². The van der Waals surface area contributed by atoms with Gasteiger partial charge in [0, 0.05) is 0 Å². The third-order valence-electron chi connectivity index (χ3n) is 2.66. The molecule has 86 valence electrons. The molecule has 0 N–H and O–H groups in total. The van der Waals surface area contributed by atoms with Crippen molar-refractivity contribution in [1.82, 2.24) is 0 Å². The molecule has 0 bridgehead atoms. The van der Waals surface area contributed by atoms with Crippen molar-refractivity contribution in [3.8, 4) is 0 Å². The second-order valence-corrected chi connectivity index (χ2v) is 8.23. The Labute approximate surface area is 98.6 Å². The van der Waals surface area contributed by atoms with E-state index in [-0.39, 0.29) is 36.3 Å². The number of esters is 1. The zero-order valence-electron chi connectivity index (χ0n) is 10.4. The summed E-state index contributed by atoms with van der Waals surface area (Å²) in [5.74, 6) is -0.201. The summed E-state index contributed by atoms with van der Waals surface area (Å²) < 4.78 is 5.36. The predicted molar refractivity (Wildman–Crippen MR) is 62.6 cm³/mol. The van der Waals surface area contributed by atoms with Gasteiger partial charge >= 0.3 is 98.4 Å². The molecule has 3 heteroatoms. The van der Waals surface area contributed by atoms with Crippen molar-refractivity contribution in [2.75, 3.05) is 0 Å². The quantitative estimate of drug-likeness (QED) is 0.501. The summed E-state index contributed by atoms with van der Waals surface area (Å²) in [7, 11) is 0. The Hall–Kier alpha value is -0.271. The topological polar surface area (TPSA) is 26.3 Å². The van der Waals surface area contributed by atoms with Crippen LogP contribution in [0.3, 0.4) is 0 Å². The molecule has 15 heavy (non-hydrogen) atoms. The summed E-state index contributed by atoms with van der Waals surface area (Å²) in [6, 6.07) is 0. The Kier molecular flexibility index (Phi) is 3.10. The van der Waals surface area contributed by atoms with Crippen LogP contribution in [-0.2, 0) is 9.53 Å². The minimum atomic E-state index is -0.348. The number of hydrogen-bond donors (Lipinski definition) is 0. The molecule has 0 aromatic rings. The first-order valence-corrected chi connectivity index (χ1v) is 7.02. The molecule has 0 saturated carbocycles. The maximum absolute atomic E-state index is 11.5. The third-order valence-corrected chi connectivity index (χ3v) is 6.67. The molecule has 0 amide bonds. The van der Waals surface area contributed by atoms with E-state index < -0.39 is 0 Å². The normalized spacial score (nSPS) is 21.3. The first-order valence-electron chi connectivity index (χ1n) is 5.17. The van der Waals surface area contributed by atoms with Gasteiger partial charge in [0.05, 0.1) is 0 Å². The summed E-state index contributed by atoms with van der Waals surface area (Å²) in [5, 5.41) is 0. The number of cyclic esters (lactones) is 1. The average Bonchev–Trinajstić information content (AvgIpc) is 1.99. The molecule has 0 aromatic heterocycles. The molecule has 1 rings (SSSR count). The fraction of sp³-hybridized carbons (Fsp3) is 0.750. The van der Waals surface area contributed by atoms with Gasteiger partial charge in [0.25, 0.3) is 0 Å². The fourth-order valence-electron chi connectivity index (χ4n) is 2.17. The van der Waals surface area contributed by atoms with Crippen molar-refractivity contribution in [3.63, 3.8) is 0 Å². The van der Waals surface area contributed by atoms with Crippen molar-refractivity contribution < 1.29 is 9.53 Å². The van der Waals surface area contributed by atoms with Crippen LogP contribution in [0.1, 0.15) is 41.5 Å². The van der Waals surface area contributed by atoms with Gasteiger partial charge in [0.2, 0.25) is 0 Å². The molecular formula is C12H20O2Se. The van der Waals surface area contributed by atoms with E-state index in [1.54, 1.807) is 6.08 Å². The number of ether oxygens (including phenoxy) is 1. The van der Waals surface area contributed by atoms with E-state index in [0.717, 1.165) is 0 Å². The van der Waals surface area contributed by atoms with E-state index in [1.165, 1.54) is 0 Å². The summed E-state index contributed by atoms with van der Waals surface area (Å²) in [6.07, 6.45) is 1.55. The van der Waals surface area contributed by atoms with E-state index in [9.17, 15) is 4.79 Å². The van der Waals surface area contributed by atoms with Crippen molar-refractivity contribution >= 4 is 20.9 Å². The minimum absolute atomic E-state index is 0.0360. The van der Waals surface area contributed by atoms with E-state index in [0.29, 0.717) is 0 Å². The van der Waals surface area contributed by atoms with Crippen LogP contribution >= 0.6 is 0 Å². The molecule has 1 heterocycles. The van der Waals surface area contributed by atoms with Gasteiger partial charge in [-0.15, -0.1) is 0 Å². The molecule has 0 fully saturated rings. The second-order valence-electron chi connectivity index (χ2n) is 5.96. The summed E-state index contributed by atoms with van der Waals surface area (Å²) in [5.41, 5.74) is -0.0721. The first kappa shape index (κ1) is 12.8. The van der Waals surface area contributed by atoms with Crippen LogP contribution in [0.25, 0.3) is 0 Å². The van der Waals surface area contributed by atoms with E-state index in [2.05, 4.69) is 41.5 Å². The third kappa shape index (κ3) is 2.14. The monoisotopic (exact) mass is 276 g/mol. The fourth-order valence-corrected chi connectivity index (χ4v) is 4.70. The van der Waals surface area contributed by atoms with Gasteiger partial charge in [-0.2, -0.15) is 0 Å². The van der Waals surface area contributed by atoms with Crippen LogP contribution < -0.4 is 0 Å². The Balaban J connectivity index is 3.21. The molecule has 1 aliphatic heterocycles. The van der Waals surface area contributed by atoms with Crippen molar-refractivity contribution in [2.45, 2.75) is 46.0 Å².